The highest BCUT2D eigenvalue weighted by atomic mass is 16.7. The summed E-state index contributed by atoms with van der Waals surface area (Å²) in [4.78, 5) is 11.9. The Morgan fingerprint density at radius 2 is 2.06 bits per heavy atom. The van der Waals surface area contributed by atoms with Gasteiger partial charge in [0.1, 0.15) is 11.3 Å². The van der Waals surface area contributed by atoms with E-state index in [4.69, 9.17) is 14.2 Å². The van der Waals surface area contributed by atoms with Crippen LogP contribution in [0.25, 0.3) is 0 Å². The second-order valence-corrected chi connectivity index (χ2v) is 4.11. The number of carbonyl (C=O) groups is 1. The third-order valence-corrected chi connectivity index (χ3v) is 2.29. The average Bonchev–Trinajstić information content (AvgIpc) is 2.21. The molecule has 0 atom stereocenters. The molecule has 17 heavy (non-hydrogen) atoms. The van der Waals surface area contributed by atoms with Crippen LogP contribution in [0.5, 0.6) is 17.2 Å². The van der Waals surface area contributed by atoms with E-state index in [0.717, 1.165) is 0 Å². The van der Waals surface area contributed by atoms with E-state index in [2.05, 4.69) is 0 Å². The zero-order valence-electron chi connectivity index (χ0n) is 9.94. The van der Waals surface area contributed by atoms with Crippen LogP contribution in [0.15, 0.2) is 12.1 Å². The lowest BCUT2D eigenvalue weighted by molar-refractivity contribution is -0.128. The summed E-state index contributed by atoms with van der Waals surface area (Å²) in [6, 6.07) is 2.94. The third kappa shape index (κ3) is 2.00. The van der Waals surface area contributed by atoms with E-state index in [1.165, 1.54) is 12.1 Å². The van der Waals surface area contributed by atoms with Crippen LogP contribution in [0.3, 0.4) is 0 Å². The summed E-state index contributed by atoms with van der Waals surface area (Å²) in [5, 5.41) is 9.71. The van der Waals surface area contributed by atoms with E-state index in [-0.39, 0.29) is 17.1 Å². The number of cyclic esters (lactones) is 1. The standard InChI is InChI=1S/C12H14O5/c1-4-15-8-6-5-7(13)10-9(8)11(14)17-12(2,3)16-10/h5-6,13H,4H2,1-3H3. The molecule has 1 aliphatic rings. The molecular weight excluding hydrogens is 224 g/mol. The van der Waals surface area contributed by atoms with Crippen molar-refractivity contribution in [2.24, 2.45) is 0 Å². The highest BCUT2D eigenvalue weighted by Crippen LogP contribution is 2.42. The number of benzene rings is 1. The molecular formula is C12H14O5. The maximum Gasteiger partial charge on any atom is 0.349 e. The minimum absolute atomic E-state index is 0.104. The molecule has 5 heteroatoms. The topological polar surface area (TPSA) is 65.0 Å². The molecule has 0 aliphatic carbocycles. The van der Waals surface area contributed by atoms with E-state index in [0.29, 0.717) is 12.4 Å². The van der Waals surface area contributed by atoms with Gasteiger partial charge in [0, 0.05) is 13.8 Å². The van der Waals surface area contributed by atoms with Gasteiger partial charge < -0.3 is 19.3 Å². The van der Waals surface area contributed by atoms with E-state index in [1.54, 1.807) is 20.8 Å². The van der Waals surface area contributed by atoms with Crippen LogP contribution >= 0.6 is 0 Å². The first-order chi connectivity index (χ1) is 7.94. The Morgan fingerprint density at radius 1 is 1.35 bits per heavy atom. The smallest absolute Gasteiger partial charge is 0.349 e. The second kappa shape index (κ2) is 3.84. The van der Waals surface area contributed by atoms with Gasteiger partial charge in [-0.1, -0.05) is 0 Å². The first kappa shape index (κ1) is 11.6. The zero-order chi connectivity index (χ0) is 12.6. The lowest BCUT2D eigenvalue weighted by atomic mass is 10.1. The van der Waals surface area contributed by atoms with Crippen molar-refractivity contribution in [3.63, 3.8) is 0 Å². The number of ether oxygens (including phenoxy) is 3. The highest BCUT2D eigenvalue weighted by molar-refractivity contribution is 5.97. The first-order valence-corrected chi connectivity index (χ1v) is 5.35. The van der Waals surface area contributed by atoms with Crippen molar-refractivity contribution in [3.05, 3.63) is 17.7 Å². The summed E-state index contributed by atoms with van der Waals surface area (Å²) in [6.07, 6.45) is 0. The van der Waals surface area contributed by atoms with Crippen molar-refractivity contribution in [2.45, 2.75) is 26.6 Å². The van der Waals surface area contributed by atoms with Crippen molar-refractivity contribution in [1.29, 1.82) is 0 Å². The molecule has 0 saturated heterocycles. The maximum absolute atomic E-state index is 11.9. The molecule has 0 saturated carbocycles. The predicted octanol–water partition coefficient (Wildman–Crippen LogP) is 2.08. The molecule has 2 rings (SSSR count). The van der Waals surface area contributed by atoms with Crippen LogP contribution < -0.4 is 9.47 Å². The van der Waals surface area contributed by atoms with E-state index >= 15 is 0 Å². The number of fused-ring (bicyclic) bond motifs is 1. The average molecular weight is 238 g/mol. The Bertz CT molecular complexity index is 464. The Morgan fingerprint density at radius 3 is 2.71 bits per heavy atom. The molecule has 0 radical (unpaired) electrons. The van der Waals surface area contributed by atoms with Gasteiger partial charge in [-0.2, -0.15) is 0 Å². The molecule has 0 bridgehead atoms. The SMILES string of the molecule is CCOc1ccc(O)c2c1C(=O)OC(C)(C)O2. The normalized spacial score (nSPS) is 16.8. The van der Waals surface area contributed by atoms with E-state index in [9.17, 15) is 9.90 Å². The van der Waals surface area contributed by atoms with Crippen molar-refractivity contribution >= 4 is 5.97 Å². The molecule has 5 nitrogen and oxygen atoms in total. The zero-order valence-corrected chi connectivity index (χ0v) is 9.94. The summed E-state index contributed by atoms with van der Waals surface area (Å²) >= 11 is 0. The number of hydrogen-bond acceptors (Lipinski definition) is 5. The lowest BCUT2D eigenvalue weighted by Gasteiger charge is -2.32. The maximum atomic E-state index is 11.9. The van der Waals surface area contributed by atoms with Crippen molar-refractivity contribution in [1.82, 2.24) is 0 Å². The fraction of sp³-hybridized carbons (Fsp3) is 0.417. The van der Waals surface area contributed by atoms with Gasteiger partial charge in [0.2, 0.25) is 5.79 Å². The van der Waals surface area contributed by atoms with Gasteiger partial charge in [-0.15, -0.1) is 0 Å². The number of phenolic OH excluding ortho intramolecular Hbond substituents is 1. The quantitative estimate of drug-likeness (QED) is 0.799. The van der Waals surface area contributed by atoms with E-state index in [1.807, 2.05) is 0 Å². The molecule has 1 N–H and O–H groups in total. The minimum Gasteiger partial charge on any atom is -0.504 e. The van der Waals surface area contributed by atoms with Crippen LogP contribution in [0, 0.1) is 0 Å². The highest BCUT2D eigenvalue weighted by Gasteiger charge is 2.38. The fourth-order valence-corrected chi connectivity index (χ4v) is 1.67. The van der Waals surface area contributed by atoms with Crippen LogP contribution in [-0.2, 0) is 4.74 Å². The number of rotatable bonds is 2. The molecule has 1 heterocycles. The molecule has 92 valence electrons. The summed E-state index contributed by atoms with van der Waals surface area (Å²) < 4.78 is 15.8. The minimum atomic E-state index is -1.09. The summed E-state index contributed by atoms with van der Waals surface area (Å²) in [5.41, 5.74) is 0.131. The fourth-order valence-electron chi connectivity index (χ4n) is 1.67. The molecule has 1 aromatic carbocycles. The Kier molecular flexibility index (Phi) is 2.61. The van der Waals surface area contributed by atoms with Crippen LogP contribution in [0.2, 0.25) is 0 Å². The van der Waals surface area contributed by atoms with Crippen LogP contribution in [0.1, 0.15) is 31.1 Å². The molecule has 1 aromatic rings. The number of hydrogen-bond donors (Lipinski definition) is 1. The van der Waals surface area contributed by atoms with Gasteiger partial charge in [-0.25, -0.2) is 4.79 Å². The molecule has 0 aromatic heterocycles. The Balaban J connectivity index is 2.56. The largest absolute Gasteiger partial charge is 0.504 e. The van der Waals surface area contributed by atoms with Gasteiger partial charge in [-0.3, -0.25) is 0 Å². The number of esters is 1. The predicted molar refractivity (Wildman–Crippen MR) is 59.4 cm³/mol. The Labute approximate surface area is 98.9 Å². The number of phenols is 1. The third-order valence-electron chi connectivity index (χ3n) is 2.29. The summed E-state index contributed by atoms with van der Waals surface area (Å²) in [7, 11) is 0. The van der Waals surface area contributed by atoms with Crippen LogP contribution in [0.4, 0.5) is 0 Å². The molecule has 0 spiro atoms. The molecule has 0 fully saturated rings. The van der Waals surface area contributed by atoms with Gasteiger partial charge in [0.15, 0.2) is 11.5 Å². The summed E-state index contributed by atoms with van der Waals surface area (Å²) in [6.45, 7) is 5.41. The van der Waals surface area contributed by atoms with Crippen LogP contribution in [-0.4, -0.2) is 23.5 Å². The second-order valence-electron chi connectivity index (χ2n) is 4.11. The Hall–Kier alpha value is -1.91. The van der Waals surface area contributed by atoms with Gasteiger partial charge >= 0.3 is 5.97 Å². The van der Waals surface area contributed by atoms with E-state index < -0.39 is 11.8 Å². The first-order valence-electron chi connectivity index (χ1n) is 5.35. The molecule has 1 aliphatic heterocycles. The molecule has 0 unspecified atom stereocenters. The van der Waals surface area contributed by atoms with Gasteiger partial charge in [0.25, 0.3) is 0 Å². The van der Waals surface area contributed by atoms with Gasteiger partial charge in [-0.05, 0) is 19.1 Å². The lowest BCUT2D eigenvalue weighted by Crippen LogP contribution is -2.39. The van der Waals surface area contributed by atoms with Crippen molar-refractivity contribution in [3.8, 4) is 17.2 Å². The monoisotopic (exact) mass is 238 g/mol. The van der Waals surface area contributed by atoms with Crippen molar-refractivity contribution < 1.29 is 24.1 Å². The number of carbonyl (C=O) groups excluding carboxylic acids is 1. The molecule has 0 amide bonds. The number of aromatic hydroxyl groups is 1. The van der Waals surface area contributed by atoms with Gasteiger partial charge in [0.05, 0.1) is 6.61 Å². The summed E-state index contributed by atoms with van der Waals surface area (Å²) in [5.74, 6) is -1.30. The van der Waals surface area contributed by atoms with Crippen molar-refractivity contribution in [2.75, 3.05) is 6.61 Å².